The molecule has 5 nitrogen and oxygen atoms in total. The fourth-order valence-corrected chi connectivity index (χ4v) is 1.57. The number of hydrogen-bond acceptors (Lipinski definition) is 4. The van der Waals surface area contributed by atoms with Crippen LogP contribution in [0.15, 0.2) is 0 Å². The Kier molecular flexibility index (Phi) is 8.11. The molecule has 2 N–H and O–H groups in total. The molecule has 0 aliphatic rings. The number of likely N-dealkylation sites (N-methyl/N-ethyl adjacent to an activating group) is 1. The predicted octanol–water partition coefficient (Wildman–Crippen LogP) is 1.41. The van der Waals surface area contributed by atoms with Crippen molar-refractivity contribution in [2.24, 2.45) is 0 Å². The second-order valence-electron chi connectivity index (χ2n) is 4.49. The van der Waals surface area contributed by atoms with Crippen LogP contribution in [0.2, 0.25) is 0 Å². The van der Waals surface area contributed by atoms with Crippen LogP contribution in [-0.2, 0) is 0 Å². The number of rotatable bonds is 10. The Hall–Kier alpha value is -0.680. The van der Waals surface area contributed by atoms with Gasteiger partial charge in [-0.1, -0.05) is 19.8 Å². The van der Waals surface area contributed by atoms with Crippen LogP contribution in [0.4, 0.5) is 0 Å². The first-order valence-corrected chi connectivity index (χ1v) is 6.06. The molecule has 5 heteroatoms. The van der Waals surface area contributed by atoms with Crippen molar-refractivity contribution in [2.75, 3.05) is 26.7 Å². The van der Waals surface area contributed by atoms with E-state index in [2.05, 4.69) is 17.6 Å². The zero-order valence-corrected chi connectivity index (χ0v) is 10.7. The van der Waals surface area contributed by atoms with Crippen LogP contribution in [0.25, 0.3) is 0 Å². The summed E-state index contributed by atoms with van der Waals surface area (Å²) in [5.41, 5.74) is -0.817. The molecule has 0 aromatic carbocycles. The van der Waals surface area contributed by atoms with Crippen molar-refractivity contribution in [3.05, 3.63) is 10.1 Å². The van der Waals surface area contributed by atoms with Crippen molar-refractivity contribution in [1.29, 1.82) is 0 Å². The van der Waals surface area contributed by atoms with E-state index < -0.39 is 5.54 Å². The highest BCUT2D eigenvalue weighted by atomic mass is 16.6. The van der Waals surface area contributed by atoms with Gasteiger partial charge in [0.15, 0.2) is 0 Å². The lowest BCUT2D eigenvalue weighted by atomic mass is 9.95. The Bertz CT molecular complexity index is 200. The molecule has 0 aliphatic heterocycles. The number of unbranched alkanes of at least 4 members (excludes halogenated alkanes) is 2. The molecule has 16 heavy (non-hydrogen) atoms. The van der Waals surface area contributed by atoms with Crippen molar-refractivity contribution in [3.63, 3.8) is 0 Å². The molecule has 0 aromatic heterocycles. The lowest BCUT2D eigenvalue weighted by molar-refractivity contribution is -0.564. The molecule has 1 unspecified atom stereocenters. The molecule has 0 aromatic rings. The van der Waals surface area contributed by atoms with E-state index in [1.54, 1.807) is 6.92 Å². The molecule has 1 atom stereocenters. The van der Waals surface area contributed by atoms with E-state index in [-0.39, 0.29) is 4.92 Å². The summed E-state index contributed by atoms with van der Waals surface area (Å²) >= 11 is 0. The zero-order valence-electron chi connectivity index (χ0n) is 10.7. The summed E-state index contributed by atoms with van der Waals surface area (Å²) in [7, 11) is 1.87. The SMILES string of the molecule is CCCCCC(C)(CNCCNC)[N+](=O)[O-]. The minimum atomic E-state index is -0.817. The van der Waals surface area contributed by atoms with Gasteiger partial charge in [-0.3, -0.25) is 10.1 Å². The summed E-state index contributed by atoms with van der Waals surface area (Å²) in [5.74, 6) is 0. The Labute approximate surface area is 98.1 Å². The number of nitrogens with one attached hydrogen (secondary N) is 2. The Balaban J connectivity index is 3.96. The van der Waals surface area contributed by atoms with Gasteiger partial charge >= 0.3 is 0 Å². The molecule has 0 saturated heterocycles. The van der Waals surface area contributed by atoms with Crippen molar-refractivity contribution >= 4 is 0 Å². The van der Waals surface area contributed by atoms with Gasteiger partial charge in [-0.15, -0.1) is 0 Å². The van der Waals surface area contributed by atoms with E-state index in [1.807, 2.05) is 7.05 Å². The molecule has 0 spiro atoms. The quantitative estimate of drug-likeness (QED) is 0.339. The van der Waals surface area contributed by atoms with Gasteiger partial charge in [-0.25, -0.2) is 0 Å². The van der Waals surface area contributed by atoms with Crippen molar-refractivity contribution in [2.45, 2.75) is 45.1 Å². The molecular weight excluding hydrogens is 206 g/mol. The molecule has 0 amide bonds. The summed E-state index contributed by atoms with van der Waals surface area (Å²) in [4.78, 5) is 10.9. The third-order valence-corrected chi connectivity index (χ3v) is 2.82. The van der Waals surface area contributed by atoms with Gasteiger partial charge in [0.05, 0.1) is 6.54 Å². The van der Waals surface area contributed by atoms with Crippen LogP contribution in [0.1, 0.15) is 39.5 Å². The molecular formula is C11H25N3O2. The Morgan fingerprint density at radius 2 is 2.00 bits per heavy atom. The normalized spacial score (nSPS) is 14.7. The van der Waals surface area contributed by atoms with Crippen LogP contribution in [-0.4, -0.2) is 37.1 Å². The monoisotopic (exact) mass is 231 g/mol. The average molecular weight is 231 g/mol. The minimum absolute atomic E-state index is 0.144. The van der Waals surface area contributed by atoms with Gasteiger partial charge in [0.25, 0.3) is 0 Å². The maximum absolute atomic E-state index is 11.0. The fraction of sp³-hybridized carbons (Fsp3) is 1.00. The first-order valence-electron chi connectivity index (χ1n) is 6.06. The van der Waals surface area contributed by atoms with Gasteiger partial charge in [0.2, 0.25) is 5.54 Å². The number of hydrogen-bond donors (Lipinski definition) is 2. The van der Waals surface area contributed by atoms with Crippen LogP contribution in [0, 0.1) is 10.1 Å². The van der Waals surface area contributed by atoms with E-state index in [9.17, 15) is 10.1 Å². The Morgan fingerprint density at radius 1 is 1.31 bits per heavy atom. The standard InChI is InChI=1S/C11H25N3O2/c1-4-5-6-7-11(2,14(15)16)10-13-9-8-12-3/h12-13H,4-10H2,1-3H3. The topological polar surface area (TPSA) is 67.2 Å². The highest BCUT2D eigenvalue weighted by molar-refractivity contribution is 4.76. The van der Waals surface area contributed by atoms with Crippen LogP contribution in [0.5, 0.6) is 0 Å². The van der Waals surface area contributed by atoms with E-state index in [1.165, 1.54) is 0 Å². The lowest BCUT2D eigenvalue weighted by Crippen LogP contribution is -2.46. The maximum atomic E-state index is 11.0. The molecule has 0 heterocycles. The molecule has 96 valence electrons. The van der Waals surface area contributed by atoms with Crippen molar-refractivity contribution in [3.8, 4) is 0 Å². The fourth-order valence-electron chi connectivity index (χ4n) is 1.57. The second-order valence-corrected chi connectivity index (χ2v) is 4.49. The average Bonchev–Trinajstić information content (AvgIpc) is 2.25. The van der Waals surface area contributed by atoms with Gasteiger partial charge in [-0.05, 0) is 13.5 Å². The van der Waals surface area contributed by atoms with Gasteiger partial charge in [-0.2, -0.15) is 0 Å². The van der Waals surface area contributed by atoms with Crippen LogP contribution >= 0.6 is 0 Å². The van der Waals surface area contributed by atoms with Gasteiger partial charge in [0, 0.05) is 31.4 Å². The van der Waals surface area contributed by atoms with E-state index in [0.29, 0.717) is 13.0 Å². The Morgan fingerprint density at radius 3 is 2.50 bits per heavy atom. The van der Waals surface area contributed by atoms with Crippen molar-refractivity contribution < 1.29 is 4.92 Å². The van der Waals surface area contributed by atoms with Crippen LogP contribution in [0.3, 0.4) is 0 Å². The summed E-state index contributed by atoms with van der Waals surface area (Å²) < 4.78 is 0. The summed E-state index contributed by atoms with van der Waals surface area (Å²) in [6, 6.07) is 0. The second kappa shape index (κ2) is 8.47. The molecule has 0 bridgehead atoms. The molecule has 0 fully saturated rings. The summed E-state index contributed by atoms with van der Waals surface area (Å²) in [6.07, 6.45) is 3.75. The van der Waals surface area contributed by atoms with Gasteiger partial charge in [0.1, 0.15) is 0 Å². The first kappa shape index (κ1) is 15.3. The molecule has 0 saturated carbocycles. The van der Waals surface area contributed by atoms with E-state index >= 15 is 0 Å². The van der Waals surface area contributed by atoms with E-state index in [4.69, 9.17) is 0 Å². The maximum Gasteiger partial charge on any atom is 0.231 e. The molecule has 0 rings (SSSR count). The van der Waals surface area contributed by atoms with E-state index in [0.717, 1.165) is 32.4 Å². The molecule has 0 radical (unpaired) electrons. The third kappa shape index (κ3) is 6.02. The zero-order chi connectivity index (χ0) is 12.4. The van der Waals surface area contributed by atoms with Crippen molar-refractivity contribution in [1.82, 2.24) is 10.6 Å². The summed E-state index contributed by atoms with van der Waals surface area (Å²) in [6.45, 7) is 5.89. The van der Waals surface area contributed by atoms with Crippen LogP contribution < -0.4 is 10.6 Å². The predicted molar refractivity (Wildman–Crippen MR) is 66.3 cm³/mol. The lowest BCUT2D eigenvalue weighted by Gasteiger charge is -2.21. The molecule has 0 aliphatic carbocycles. The summed E-state index contributed by atoms with van der Waals surface area (Å²) in [5, 5.41) is 17.2. The van der Waals surface area contributed by atoms with Gasteiger partial charge < -0.3 is 10.6 Å². The smallest absolute Gasteiger partial charge is 0.231 e. The first-order chi connectivity index (χ1) is 7.56. The number of nitro groups is 1. The highest BCUT2D eigenvalue weighted by Gasteiger charge is 2.35. The number of nitrogens with zero attached hydrogens (tertiary/aromatic N) is 1. The highest BCUT2D eigenvalue weighted by Crippen LogP contribution is 2.17. The third-order valence-electron chi connectivity index (χ3n) is 2.82. The largest absolute Gasteiger partial charge is 0.318 e. The minimum Gasteiger partial charge on any atom is -0.318 e.